The minimum Gasteiger partial charge on any atom is -0.487 e. The van der Waals surface area contributed by atoms with Gasteiger partial charge in [-0.25, -0.2) is 10.2 Å². The van der Waals surface area contributed by atoms with Gasteiger partial charge in [0.15, 0.2) is 0 Å². The summed E-state index contributed by atoms with van der Waals surface area (Å²) >= 11 is 0. The Balaban J connectivity index is 2.09. The first-order valence-corrected chi connectivity index (χ1v) is 6.07. The molecule has 2 aromatic rings. The highest BCUT2D eigenvalue weighted by Crippen LogP contribution is 2.21. The van der Waals surface area contributed by atoms with Crippen LogP contribution >= 0.6 is 0 Å². The first kappa shape index (κ1) is 14.5. The molecule has 0 fully saturated rings. The molecule has 0 saturated heterocycles. The molecule has 2 rings (SSSR count). The zero-order chi connectivity index (χ0) is 15.2. The summed E-state index contributed by atoms with van der Waals surface area (Å²) in [5.41, 5.74) is 3.10. The standard InChI is InChI=1S/C15H12FN3O2/c16-13-2-1-3-14(12(13)8-17)21-9-10-4-6-11(7-5-10)15(20)19-18/h1-7H,9,18H2,(H,19,20). The van der Waals surface area contributed by atoms with E-state index in [2.05, 4.69) is 0 Å². The molecule has 0 atom stereocenters. The van der Waals surface area contributed by atoms with Crippen molar-refractivity contribution in [3.05, 3.63) is 65.0 Å². The molecule has 0 aliphatic rings. The number of nitrogens with one attached hydrogen (secondary N) is 1. The van der Waals surface area contributed by atoms with E-state index in [1.165, 1.54) is 18.2 Å². The number of rotatable bonds is 4. The Hall–Kier alpha value is -2.91. The van der Waals surface area contributed by atoms with Crippen LogP contribution in [0.2, 0.25) is 0 Å². The van der Waals surface area contributed by atoms with Crippen LogP contribution in [0.1, 0.15) is 21.5 Å². The molecule has 0 heterocycles. The van der Waals surface area contributed by atoms with Gasteiger partial charge in [0, 0.05) is 5.56 Å². The highest BCUT2D eigenvalue weighted by atomic mass is 19.1. The topological polar surface area (TPSA) is 88.1 Å². The third-order valence-corrected chi connectivity index (χ3v) is 2.83. The normalized spacial score (nSPS) is 9.76. The van der Waals surface area contributed by atoms with Crippen molar-refractivity contribution in [1.82, 2.24) is 5.43 Å². The van der Waals surface area contributed by atoms with Gasteiger partial charge in [-0.05, 0) is 29.8 Å². The van der Waals surface area contributed by atoms with Gasteiger partial charge in [-0.2, -0.15) is 5.26 Å². The molecule has 0 radical (unpaired) electrons. The number of nitrogens with zero attached hydrogens (tertiary/aromatic N) is 1. The van der Waals surface area contributed by atoms with Crippen molar-refractivity contribution in [2.24, 2.45) is 5.84 Å². The lowest BCUT2D eigenvalue weighted by molar-refractivity contribution is 0.0953. The van der Waals surface area contributed by atoms with Crippen molar-refractivity contribution in [1.29, 1.82) is 5.26 Å². The second-order valence-corrected chi connectivity index (χ2v) is 4.18. The van der Waals surface area contributed by atoms with Crippen LogP contribution in [0, 0.1) is 17.1 Å². The van der Waals surface area contributed by atoms with Gasteiger partial charge in [0.2, 0.25) is 0 Å². The number of nitrogens with two attached hydrogens (primary N) is 1. The molecule has 0 aliphatic heterocycles. The maximum atomic E-state index is 13.4. The SMILES string of the molecule is N#Cc1c(F)cccc1OCc1ccc(C(=O)NN)cc1. The van der Waals surface area contributed by atoms with Gasteiger partial charge in [0.05, 0.1) is 0 Å². The Morgan fingerprint density at radius 3 is 2.62 bits per heavy atom. The Labute approximate surface area is 120 Å². The van der Waals surface area contributed by atoms with Crippen LogP contribution in [0.4, 0.5) is 4.39 Å². The molecule has 6 heteroatoms. The molecule has 0 spiro atoms. The monoisotopic (exact) mass is 285 g/mol. The zero-order valence-electron chi connectivity index (χ0n) is 11.0. The number of amides is 1. The maximum Gasteiger partial charge on any atom is 0.265 e. The van der Waals surface area contributed by atoms with Crippen LogP contribution in [-0.2, 0) is 6.61 Å². The van der Waals surface area contributed by atoms with E-state index in [9.17, 15) is 9.18 Å². The molecule has 5 nitrogen and oxygen atoms in total. The third kappa shape index (κ3) is 3.35. The largest absolute Gasteiger partial charge is 0.487 e. The van der Waals surface area contributed by atoms with Crippen LogP contribution in [0.25, 0.3) is 0 Å². The summed E-state index contributed by atoms with van der Waals surface area (Å²) in [5.74, 6) is 4.20. The number of hydrogen-bond donors (Lipinski definition) is 2. The van der Waals surface area contributed by atoms with Crippen LogP contribution in [0.3, 0.4) is 0 Å². The highest BCUT2D eigenvalue weighted by Gasteiger charge is 2.09. The van der Waals surface area contributed by atoms with Crippen molar-refractivity contribution >= 4 is 5.91 Å². The van der Waals surface area contributed by atoms with Crippen molar-refractivity contribution < 1.29 is 13.9 Å². The van der Waals surface area contributed by atoms with E-state index in [1.54, 1.807) is 30.3 Å². The number of carbonyl (C=O) groups excluding carboxylic acids is 1. The van der Waals surface area contributed by atoms with E-state index in [0.29, 0.717) is 5.56 Å². The van der Waals surface area contributed by atoms with E-state index in [1.807, 2.05) is 5.43 Å². The van der Waals surface area contributed by atoms with E-state index >= 15 is 0 Å². The maximum absolute atomic E-state index is 13.4. The van der Waals surface area contributed by atoms with Crippen molar-refractivity contribution in [2.75, 3.05) is 0 Å². The Bertz CT molecular complexity index is 693. The smallest absolute Gasteiger partial charge is 0.265 e. The third-order valence-electron chi connectivity index (χ3n) is 2.83. The summed E-state index contributed by atoms with van der Waals surface area (Å²) < 4.78 is 18.8. The molecule has 0 bridgehead atoms. The molecule has 3 N–H and O–H groups in total. The summed E-state index contributed by atoms with van der Waals surface area (Å²) in [7, 11) is 0. The number of hydrazine groups is 1. The van der Waals surface area contributed by atoms with Gasteiger partial charge < -0.3 is 4.74 Å². The van der Waals surface area contributed by atoms with E-state index in [0.717, 1.165) is 5.56 Å². The predicted molar refractivity (Wildman–Crippen MR) is 73.5 cm³/mol. The Morgan fingerprint density at radius 1 is 1.29 bits per heavy atom. The molecule has 106 valence electrons. The molecule has 0 unspecified atom stereocenters. The molecular weight excluding hydrogens is 273 g/mol. The number of nitrogen functional groups attached to an aromatic ring is 1. The molecule has 21 heavy (non-hydrogen) atoms. The quantitative estimate of drug-likeness (QED) is 0.510. The Morgan fingerprint density at radius 2 is 2.00 bits per heavy atom. The van der Waals surface area contributed by atoms with Crippen LogP contribution in [0.5, 0.6) is 5.75 Å². The van der Waals surface area contributed by atoms with E-state index in [4.69, 9.17) is 15.8 Å². The average molecular weight is 285 g/mol. The molecule has 2 aromatic carbocycles. The number of hydrogen-bond acceptors (Lipinski definition) is 4. The molecule has 0 saturated carbocycles. The second kappa shape index (κ2) is 6.50. The van der Waals surface area contributed by atoms with Crippen LogP contribution < -0.4 is 16.0 Å². The lowest BCUT2D eigenvalue weighted by Crippen LogP contribution is -2.29. The van der Waals surface area contributed by atoms with Gasteiger partial charge in [0.1, 0.15) is 29.8 Å². The summed E-state index contributed by atoms with van der Waals surface area (Å²) in [6.07, 6.45) is 0. The van der Waals surface area contributed by atoms with E-state index in [-0.39, 0.29) is 23.8 Å². The van der Waals surface area contributed by atoms with Crippen LogP contribution in [0.15, 0.2) is 42.5 Å². The minimum atomic E-state index is -0.620. The number of ether oxygens (including phenoxy) is 1. The molecule has 1 amide bonds. The van der Waals surface area contributed by atoms with Crippen molar-refractivity contribution in [2.45, 2.75) is 6.61 Å². The van der Waals surface area contributed by atoms with E-state index < -0.39 is 5.82 Å². The van der Waals surface area contributed by atoms with Crippen molar-refractivity contribution in [3.63, 3.8) is 0 Å². The van der Waals surface area contributed by atoms with Gasteiger partial charge in [-0.3, -0.25) is 10.2 Å². The summed E-state index contributed by atoms with van der Waals surface area (Å²) in [4.78, 5) is 11.3. The number of carbonyl (C=O) groups is 1. The number of nitriles is 1. The summed E-state index contributed by atoms with van der Waals surface area (Å²) in [5, 5.41) is 8.89. The first-order chi connectivity index (χ1) is 10.2. The Kier molecular flexibility index (Phi) is 4.49. The zero-order valence-corrected chi connectivity index (χ0v) is 11.0. The summed E-state index contributed by atoms with van der Waals surface area (Å²) in [6.45, 7) is 0.155. The van der Waals surface area contributed by atoms with Crippen molar-refractivity contribution in [3.8, 4) is 11.8 Å². The second-order valence-electron chi connectivity index (χ2n) is 4.18. The number of halogens is 1. The fourth-order valence-corrected chi connectivity index (χ4v) is 1.73. The van der Waals surface area contributed by atoms with Gasteiger partial charge in [-0.1, -0.05) is 18.2 Å². The first-order valence-electron chi connectivity index (χ1n) is 6.07. The fourth-order valence-electron chi connectivity index (χ4n) is 1.73. The molecule has 0 aromatic heterocycles. The minimum absolute atomic E-state index is 0.128. The predicted octanol–water partition coefficient (Wildman–Crippen LogP) is 1.88. The van der Waals surface area contributed by atoms with Gasteiger partial charge in [0.25, 0.3) is 5.91 Å². The highest BCUT2D eigenvalue weighted by molar-refractivity contribution is 5.93. The summed E-state index contributed by atoms with van der Waals surface area (Å²) in [6, 6.07) is 12.5. The lowest BCUT2D eigenvalue weighted by atomic mass is 10.1. The van der Waals surface area contributed by atoms with Gasteiger partial charge >= 0.3 is 0 Å². The lowest BCUT2D eigenvalue weighted by Gasteiger charge is -2.08. The fraction of sp³-hybridized carbons (Fsp3) is 0.0667. The van der Waals surface area contributed by atoms with Gasteiger partial charge in [-0.15, -0.1) is 0 Å². The van der Waals surface area contributed by atoms with Crippen LogP contribution in [-0.4, -0.2) is 5.91 Å². The number of benzene rings is 2. The molecule has 0 aliphatic carbocycles. The average Bonchev–Trinajstić information content (AvgIpc) is 2.52. The molecular formula is C15H12FN3O2.